The van der Waals surface area contributed by atoms with Gasteiger partial charge in [-0.2, -0.15) is 5.10 Å². The largest absolute Gasteiger partial charge is 0.309 e. The number of aryl methyl sites for hydroxylation is 1. The highest BCUT2D eigenvalue weighted by Crippen LogP contribution is 2.34. The summed E-state index contributed by atoms with van der Waals surface area (Å²) in [5.74, 6) is 0. The first-order chi connectivity index (χ1) is 19.1. The molecule has 0 aliphatic rings. The summed E-state index contributed by atoms with van der Waals surface area (Å²) >= 11 is 0. The molecule has 0 radical (unpaired) electrons. The van der Waals surface area contributed by atoms with E-state index in [1.54, 1.807) is 0 Å². The van der Waals surface area contributed by atoms with Gasteiger partial charge in [0.15, 0.2) is 8.07 Å². The van der Waals surface area contributed by atoms with E-state index in [1.807, 2.05) is 19.2 Å². The first-order valence-corrected chi connectivity index (χ1v) is 15.8. The minimum atomic E-state index is -2.36. The lowest BCUT2D eigenvalue weighted by Gasteiger charge is -2.28. The summed E-state index contributed by atoms with van der Waals surface area (Å²) in [4.78, 5) is 4.89. The number of nitrogens with zero attached hydrogens (tertiary/aromatic N) is 3. The van der Waals surface area contributed by atoms with Crippen molar-refractivity contribution in [2.45, 2.75) is 13.5 Å². The molecule has 0 saturated heterocycles. The predicted octanol–water partition coefficient (Wildman–Crippen LogP) is 5.98. The van der Waals surface area contributed by atoms with Crippen molar-refractivity contribution in [3.8, 4) is 16.9 Å². The number of rotatable bonds is 5. The highest BCUT2D eigenvalue weighted by molar-refractivity contribution is 7.10. The van der Waals surface area contributed by atoms with E-state index in [4.69, 9.17) is 4.98 Å². The Morgan fingerprint density at radius 2 is 1.44 bits per heavy atom. The van der Waals surface area contributed by atoms with Crippen molar-refractivity contribution in [2.24, 2.45) is 0 Å². The van der Waals surface area contributed by atoms with E-state index in [1.165, 1.54) is 32.2 Å². The fourth-order valence-electron chi connectivity index (χ4n) is 5.82. The summed E-state index contributed by atoms with van der Waals surface area (Å²) in [7, 11) is -2.36. The first kappa shape index (κ1) is 23.4. The van der Waals surface area contributed by atoms with Crippen LogP contribution in [0.3, 0.4) is 0 Å². The highest BCUT2D eigenvalue weighted by Gasteiger charge is 2.35. The maximum absolute atomic E-state index is 4.89. The number of aromatic nitrogens is 4. The molecular weight excluding hydrogens is 492 g/mol. The zero-order valence-corrected chi connectivity index (χ0v) is 23.0. The van der Waals surface area contributed by atoms with E-state index in [-0.39, 0.29) is 0 Å². The minimum Gasteiger partial charge on any atom is -0.309 e. The molecule has 0 saturated carbocycles. The normalized spacial score (nSPS) is 13.1. The van der Waals surface area contributed by atoms with Crippen LogP contribution >= 0.6 is 0 Å². The van der Waals surface area contributed by atoms with E-state index in [2.05, 4.69) is 137 Å². The molecule has 3 heterocycles. The number of aromatic amines is 1. The van der Waals surface area contributed by atoms with Crippen LogP contribution in [0.5, 0.6) is 0 Å². The smallest absolute Gasteiger partial charge is 0.168 e. The number of para-hydroxylation sites is 1. The van der Waals surface area contributed by atoms with Crippen LogP contribution in [0.25, 0.3) is 38.8 Å². The third kappa shape index (κ3) is 3.82. The molecule has 7 rings (SSSR count). The van der Waals surface area contributed by atoms with Crippen LogP contribution in [-0.4, -0.2) is 27.8 Å². The molecule has 4 nitrogen and oxygen atoms in total. The van der Waals surface area contributed by atoms with Crippen LogP contribution in [0, 0.1) is 6.92 Å². The second-order valence-electron chi connectivity index (χ2n) is 10.3. The third-order valence-corrected chi connectivity index (χ3v) is 12.2. The van der Waals surface area contributed by atoms with E-state index in [0.29, 0.717) is 0 Å². The first-order valence-electron chi connectivity index (χ1n) is 13.3. The van der Waals surface area contributed by atoms with Gasteiger partial charge < -0.3 is 4.57 Å². The zero-order chi connectivity index (χ0) is 26.4. The monoisotopic (exact) mass is 520 g/mol. The van der Waals surface area contributed by atoms with E-state index in [0.717, 1.165) is 28.0 Å². The maximum atomic E-state index is 4.89. The van der Waals surface area contributed by atoms with Gasteiger partial charge in [-0.25, -0.2) is 0 Å². The molecule has 0 amide bonds. The summed E-state index contributed by atoms with van der Waals surface area (Å²) in [5, 5.41) is 13.9. The van der Waals surface area contributed by atoms with Crippen molar-refractivity contribution >= 4 is 45.6 Å². The standard InChI is InChI=1S/C34H28N4Si/c1-24-21-31(37-36-24)25-18-19-30-29-15-6-7-16-32(29)38(33(30)22-25)26-11-10-14-28(23-26)39(2,27-12-4-3-5-13-27)34-17-8-9-20-35-34/h3-23H,1-2H3,(H,36,37). The number of H-pyrrole nitrogens is 1. The lowest BCUT2D eigenvalue weighted by Crippen LogP contribution is -2.65. The van der Waals surface area contributed by atoms with Gasteiger partial charge >= 0.3 is 0 Å². The minimum absolute atomic E-state index is 0.958. The van der Waals surface area contributed by atoms with Crippen LogP contribution in [0.1, 0.15) is 5.69 Å². The van der Waals surface area contributed by atoms with Crippen LogP contribution in [-0.2, 0) is 0 Å². The van der Waals surface area contributed by atoms with E-state index >= 15 is 0 Å². The summed E-state index contributed by atoms with van der Waals surface area (Å²) in [6.45, 7) is 4.44. The predicted molar refractivity (Wildman–Crippen MR) is 164 cm³/mol. The summed E-state index contributed by atoms with van der Waals surface area (Å²) in [6, 6.07) is 43.7. The quantitative estimate of drug-likeness (QED) is 0.284. The Morgan fingerprint density at radius 1 is 0.667 bits per heavy atom. The maximum Gasteiger partial charge on any atom is 0.168 e. The second kappa shape index (κ2) is 9.22. The SMILES string of the molecule is Cc1cc(-c2ccc3c4ccccc4n(-c4cccc([Si](C)(c5ccccc5)c5ccccn5)c4)c3c2)n[nH]1. The number of nitrogens with one attached hydrogen (secondary N) is 1. The lowest BCUT2D eigenvalue weighted by atomic mass is 10.1. The summed E-state index contributed by atoms with van der Waals surface area (Å²) < 4.78 is 2.40. The number of fused-ring (bicyclic) bond motifs is 3. The summed E-state index contributed by atoms with van der Waals surface area (Å²) in [5.41, 5.74) is 6.63. The van der Waals surface area contributed by atoms with E-state index in [9.17, 15) is 0 Å². The molecule has 7 aromatic rings. The van der Waals surface area contributed by atoms with Crippen LogP contribution in [0.2, 0.25) is 6.55 Å². The van der Waals surface area contributed by atoms with Gasteiger partial charge in [0.1, 0.15) is 0 Å². The third-order valence-electron chi connectivity index (χ3n) is 7.89. The Balaban J connectivity index is 1.48. The van der Waals surface area contributed by atoms with Gasteiger partial charge in [-0.15, -0.1) is 0 Å². The van der Waals surface area contributed by atoms with Crippen LogP contribution in [0.15, 0.2) is 128 Å². The van der Waals surface area contributed by atoms with Crippen molar-refractivity contribution in [3.05, 3.63) is 133 Å². The number of pyridine rings is 1. The van der Waals surface area contributed by atoms with Crippen molar-refractivity contribution in [1.82, 2.24) is 19.7 Å². The van der Waals surface area contributed by atoms with Crippen molar-refractivity contribution < 1.29 is 0 Å². The molecule has 0 fully saturated rings. The number of benzene rings is 4. The Kier molecular flexibility index (Phi) is 5.53. The molecular formula is C34H28N4Si. The van der Waals surface area contributed by atoms with Crippen LogP contribution < -0.4 is 15.7 Å². The molecule has 1 unspecified atom stereocenters. The van der Waals surface area contributed by atoms with Crippen LogP contribution in [0.4, 0.5) is 0 Å². The molecule has 0 aliphatic carbocycles. The molecule has 1 N–H and O–H groups in total. The molecule has 0 aliphatic heterocycles. The number of hydrogen-bond donors (Lipinski definition) is 1. The fraction of sp³-hybridized carbons (Fsp3) is 0.0588. The Bertz CT molecular complexity index is 1900. The van der Waals surface area contributed by atoms with Gasteiger partial charge in [-0.3, -0.25) is 10.1 Å². The molecule has 188 valence electrons. The lowest BCUT2D eigenvalue weighted by molar-refractivity contribution is 1.05. The Hall–Kier alpha value is -4.74. The molecule has 0 spiro atoms. The Labute approximate surface area is 228 Å². The van der Waals surface area contributed by atoms with Gasteiger partial charge in [0, 0.05) is 39.2 Å². The van der Waals surface area contributed by atoms with Crippen molar-refractivity contribution in [1.29, 1.82) is 0 Å². The average Bonchev–Trinajstić information content (AvgIpc) is 3.58. The van der Waals surface area contributed by atoms with Gasteiger partial charge in [0.05, 0.1) is 16.7 Å². The topological polar surface area (TPSA) is 46.5 Å². The molecule has 1 atom stereocenters. The van der Waals surface area contributed by atoms with Gasteiger partial charge in [0.2, 0.25) is 0 Å². The molecule has 3 aromatic heterocycles. The highest BCUT2D eigenvalue weighted by atomic mass is 28.3. The van der Waals surface area contributed by atoms with Gasteiger partial charge in [-0.1, -0.05) is 85.4 Å². The average molecular weight is 521 g/mol. The zero-order valence-electron chi connectivity index (χ0n) is 22.0. The fourth-order valence-corrected chi connectivity index (χ4v) is 9.23. The molecule has 0 bridgehead atoms. The summed E-state index contributed by atoms with van der Waals surface area (Å²) in [6.07, 6.45) is 1.92. The molecule has 4 aromatic carbocycles. The number of hydrogen-bond acceptors (Lipinski definition) is 2. The molecule has 39 heavy (non-hydrogen) atoms. The van der Waals surface area contributed by atoms with Gasteiger partial charge in [0.25, 0.3) is 0 Å². The van der Waals surface area contributed by atoms with Crippen molar-refractivity contribution in [2.75, 3.05) is 0 Å². The Morgan fingerprint density at radius 3 is 2.23 bits per heavy atom. The van der Waals surface area contributed by atoms with Gasteiger partial charge in [-0.05, 0) is 59.8 Å². The molecule has 5 heteroatoms. The second-order valence-corrected chi connectivity index (χ2v) is 14.2. The van der Waals surface area contributed by atoms with E-state index < -0.39 is 8.07 Å². The van der Waals surface area contributed by atoms with Crippen molar-refractivity contribution in [3.63, 3.8) is 0 Å².